The molecule has 0 bridgehead atoms. The van der Waals surface area contributed by atoms with Crippen LogP contribution in [0.5, 0.6) is 5.75 Å². The molecule has 1 aromatic carbocycles. The minimum absolute atomic E-state index is 0.146. The van der Waals surface area contributed by atoms with Crippen molar-refractivity contribution in [2.75, 3.05) is 0 Å². The number of para-hydroxylation sites is 1. The number of nitrogens with one attached hydrogen (secondary N) is 1. The first-order chi connectivity index (χ1) is 9.61. The van der Waals surface area contributed by atoms with E-state index in [0.717, 1.165) is 24.8 Å². The van der Waals surface area contributed by atoms with Gasteiger partial charge < -0.3 is 4.74 Å². The molecular weight excluding hydrogens is 262 g/mol. The normalized spacial score (nSPS) is 24.6. The Hall–Kier alpha value is -1.20. The van der Waals surface area contributed by atoms with Gasteiger partial charge in [0.2, 0.25) is 0 Å². The summed E-state index contributed by atoms with van der Waals surface area (Å²) in [5.41, 5.74) is 3.51. The van der Waals surface area contributed by atoms with Crippen LogP contribution in [0.3, 0.4) is 0 Å². The summed E-state index contributed by atoms with van der Waals surface area (Å²) in [4.78, 5) is 0. The largest absolute Gasteiger partial charge is 0.434 e. The number of nitrogens with two attached hydrogens (primary N) is 1. The highest BCUT2D eigenvalue weighted by Gasteiger charge is 2.29. The molecular formula is C15H22F2N2O. The monoisotopic (exact) mass is 284 g/mol. The molecule has 0 heterocycles. The topological polar surface area (TPSA) is 47.3 Å². The van der Waals surface area contributed by atoms with Gasteiger partial charge in [0.25, 0.3) is 0 Å². The molecule has 0 amide bonds. The van der Waals surface area contributed by atoms with Gasteiger partial charge in [-0.1, -0.05) is 38.0 Å². The third kappa shape index (κ3) is 3.67. The van der Waals surface area contributed by atoms with Crippen LogP contribution in [-0.2, 0) is 0 Å². The highest BCUT2D eigenvalue weighted by molar-refractivity contribution is 5.36. The predicted molar refractivity (Wildman–Crippen MR) is 74.3 cm³/mol. The van der Waals surface area contributed by atoms with Gasteiger partial charge in [-0.15, -0.1) is 0 Å². The lowest BCUT2D eigenvalue weighted by molar-refractivity contribution is -0.0510. The van der Waals surface area contributed by atoms with Gasteiger partial charge in [0.1, 0.15) is 5.75 Å². The van der Waals surface area contributed by atoms with Crippen molar-refractivity contribution in [1.82, 2.24) is 5.43 Å². The fraction of sp³-hybridized carbons (Fsp3) is 0.600. The van der Waals surface area contributed by atoms with Crippen LogP contribution in [0.1, 0.15) is 44.2 Å². The third-order valence-electron chi connectivity index (χ3n) is 4.10. The number of benzene rings is 1. The lowest BCUT2D eigenvalue weighted by Gasteiger charge is -2.33. The molecule has 20 heavy (non-hydrogen) atoms. The molecule has 3 nitrogen and oxygen atoms in total. The smallest absolute Gasteiger partial charge is 0.387 e. The Labute approximate surface area is 118 Å². The average Bonchev–Trinajstić information content (AvgIpc) is 2.41. The van der Waals surface area contributed by atoms with Crippen molar-refractivity contribution in [2.24, 2.45) is 17.7 Å². The number of alkyl halides is 2. The molecule has 112 valence electrons. The molecule has 1 aromatic rings. The molecule has 0 aliphatic heterocycles. The molecule has 3 atom stereocenters. The van der Waals surface area contributed by atoms with Crippen LogP contribution in [0, 0.1) is 11.8 Å². The molecule has 3 unspecified atom stereocenters. The summed E-state index contributed by atoms with van der Waals surface area (Å²) in [5, 5.41) is 0. The third-order valence-corrected chi connectivity index (χ3v) is 4.10. The Morgan fingerprint density at radius 3 is 2.70 bits per heavy atom. The van der Waals surface area contributed by atoms with Crippen LogP contribution in [0.2, 0.25) is 0 Å². The fourth-order valence-electron chi connectivity index (χ4n) is 3.20. The molecule has 2 rings (SSSR count). The molecule has 5 heteroatoms. The summed E-state index contributed by atoms with van der Waals surface area (Å²) in [6.45, 7) is -0.596. The maximum absolute atomic E-state index is 12.5. The Morgan fingerprint density at radius 2 is 2.05 bits per heavy atom. The molecule has 1 fully saturated rings. The molecule has 0 spiro atoms. The second kappa shape index (κ2) is 6.99. The van der Waals surface area contributed by atoms with Crippen LogP contribution in [-0.4, -0.2) is 6.61 Å². The highest BCUT2D eigenvalue weighted by Crippen LogP contribution is 2.39. The first-order valence-corrected chi connectivity index (χ1v) is 7.11. The van der Waals surface area contributed by atoms with Crippen LogP contribution in [0.25, 0.3) is 0 Å². The van der Waals surface area contributed by atoms with Crippen LogP contribution >= 0.6 is 0 Å². The van der Waals surface area contributed by atoms with E-state index in [1.54, 1.807) is 12.1 Å². The Morgan fingerprint density at radius 1 is 1.30 bits per heavy atom. The Balaban J connectivity index is 2.22. The van der Waals surface area contributed by atoms with Crippen molar-refractivity contribution in [3.05, 3.63) is 29.8 Å². The molecule has 0 saturated heterocycles. The molecule has 1 aliphatic rings. The number of halogens is 2. The highest BCUT2D eigenvalue weighted by atomic mass is 19.3. The Kier molecular flexibility index (Phi) is 5.31. The standard InChI is InChI=1S/C15H22F2N2O/c1-10-5-4-6-11(9-10)14(19-18)12-7-2-3-8-13(12)20-15(16)17/h2-3,7-8,10-11,14-15,19H,4-6,9,18H2,1H3. The zero-order valence-corrected chi connectivity index (χ0v) is 11.7. The summed E-state index contributed by atoms with van der Waals surface area (Å²) < 4.78 is 29.6. The van der Waals surface area contributed by atoms with E-state index in [0.29, 0.717) is 11.8 Å². The van der Waals surface area contributed by atoms with E-state index in [1.165, 1.54) is 6.42 Å². The van der Waals surface area contributed by atoms with Gasteiger partial charge in [-0.3, -0.25) is 11.3 Å². The summed E-state index contributed by atoms with van der Waals surface area (Å²) in [6.07, 6.45) is 4.49. The van der Waals surface area contributed by atoms with E-state index in [9.17, 15) is 8.78 Å². The van der Waals surface area contributed by atoms with Crippen molar-refractivity contribution in [1.29, 1.82) is 0 Å². The van der Waals surface area contributed by atoms with Crippen LogP contribution in [0.4, 0.5) is 8.78 Å². The van der Waals surface area contributed by atoms with E-state index in [2.05, 4.69) is 17.1 Å². The maximum atomic E-state index is 12.5. The molecule has 3 N–H and O–H groups in total. The predicted octanol–water partition coefficient (Wildman–Crippen LogP) is 3.62. The van der Waals surface area contributed by atoms with Crippen molar-refractivity contribution in [3.63, 3.8) is 0 Å². The van der Waals surface area contributed by atoms with Gasteiger partial charge in [0, 0.05) is 5.56 Å². The summed E-state index contributed by atoms with van der Waals surface area (Å²) in [5.74, 6) is 6.90. The fourth-order valence-corrected chi connectivity index (χ4v) is 3.20. The van der Waals surface area contributed by atoms with E-state index in [4.69, 9.17) is 5.84 Å². The van der Waals surface area contributed by atoms with E-state index in [-0.39, 0.29) is 11.8 Å². The molecule has 0 radical (unpaired) electrons. The molecule has 1 saturated carbocycles. The van der Waals surface area contributed by atoms with E-state index < -0.39 is 6.61 Å². The zero-order chi connectivity index (χ0) is 14.5. The number of ether oxygens (including phenoxy) is 1. The summed E-state index contributed by atoms with van der Waals surface area (Å²) >= 11 is 0. The minimum atomic E-state index is -2.82. The van der Waals surface area contributed by atoms with E-state index in [1.807, 2.05) is 12.1 Å². The van der Waals surface area contributed by atoms with Crippen LogP contribution < -0.4 is 16.0 Å². The van der Waals surface area contributed by atoms with Crippen LogP contribution in [0.15, 0.2) is 24.3 Å². The average molecular weight is 284 g/mol. The maximum Gasteiger partial charge on any atom is 0.387 e. The number of hydrazine groups is 1. The lowest BCUT2D eigenvalue weighted by atomic mass is 9.77. The number of rotatable bonds is 5. The first-order valence-electron chi connectivity index (χ1n) is 7.11. The lowest BCUT2D eigenvalue weighted by Crippen LogP contribution is -2.36. The Bertz CT molecular complexity index is 428. The number of hydrogen-bond donors (Lipinski definition) is 2. The van der Waals surface area contributed by atoms with Crippen molar-refractivity contribution in [3.8, 4) is 5.75 Å². The van der Waals surface area contributed by atoms with Crippen molar-refractivity contribution in [2.45, 2.75) is 45.3 Å². The van der Waals surface area contributed by atoms with Gasteiger partial charge >= 0.3 is 6.61 Å². The zero-order valence-electron chi connectivity index (χ0n) is 11.7. The van der Waals surface area contributed by atoms with Crippen molar-refractivity contribution >= 4 is 0 Å². The quantitative estimate of drug-likeness (QED) is 0.641. The second-order valence-electron chi connectivity index (χ2n) is 5.59. The van der Waals surface area contributed by atoms with Gasteiger partial charge in [-0.2, -0.15) is 8.78 Å². The summed E-state index contributed by atoms with van der Waals surface area (Å²) in [6, 6.07) is 6.75. The van der Waals surface area contributed by atoms with E-state index >= 15 is 0 Å². The van der Waals surface area contributed by atoms with Gasteiger partial charge in [-0.05, 0) is 30.7 Å². The summed E-state index contributed by atoms with van der Waals surface area (Å²) in [7, 11) is 0. The van der Waals surface area contributed by atoms with Crippen molar-refractivity contribution < 1.29 is 13.5 Å². The minimum Gasteiger partial charge on any atom is -0.434 e. The van der Waals surface area contributed by atoms with Gasteiger partial charge in [-0.25, -0.2) is 0 Å². The number of hydrogen-bond acceptors (Lipinski definition) is 3. The second-order valence-corrected chi connectivity index (χ2v) is 5.59. The first kappa shape index (κ1) is 15.2. The molecule has 1 aliphatic carbocycles. The molecule has 0 aromatic heterocycles. The van der Waals surface area contributed by atoms with Gasteiger partial charge in [0.05, 0.1) is 6.04 Å². The van der Waals surface area contributed by atoms with Gasteiger partial charge in [0.15, 0.2) is 0 Å². The SMILES string of the molecule is CC1CCCC(C(NN)c2ccccc2OC(F)F)C1.